The summed E-state index contributed by atoms with van der Waals surface area (Å²) in [6.07, 6.45) is 5.36. The maximum absolute atomic E-state index is 12.2. The van der Waals surface area contributed by atoms with Gasteiger partial charge < -0.3 is 10.0 Å². The van der Waals surface area contributed by atoms with Crippen molar-refractivity contribution in [3.63, 3.8) is 0 Å². The number of rotatable bonds is 5. The predicted molar refractivity (Wildman–Crippen MR) is 80.6 cm³/mol. The molecule has 1 aliphatic heterocycles. The fraction of sp³-hybridized carbons (Fsp3) is 0.588. The van der Waals surface area contributed by atoms with Crippen molar-refractivity contribution in [3.8, 4) is 0 Å². The second-order valence-electron chi connectivity index (χ2n) is 5.73. The molecule has 2 rings (SSSR count). The molecule has 20 heavy (non-hydrogen) atoms. The van der Waals surface area contributed by atoms with Crippen LogP contribution in [-0.2, 0) is 17.6 Å². The lowest BCUT2D eigenvalue weighted by Crippen LogP contribution is -2.42. The van der Waals surface area contributed by atoms with Crippen molar-refractivity contribution < 1.29 is 9.90 Å². The Morgan fingerprint density at radius 3 is 2.65 bits per heavy atom. The van der Waals surface area contributed by atoms with E-state index >= 15 is 0 Å². The molecule has 1 N–H and O–H groups in total. The number of likely N-dealkylation sites (tertiary alicyclic amines) is 1. The summed E-state index contributed by atoms with van der Waals surface area (Å²) in [5.41, 5.74) is 2.41. The molecule has 3 heteroatoms. The monoisotopic (exact) mass is 275 g/mol. The zero-order valence-electron chi connectivity index (χ0n) is 12.3. The van der Waals surface area contributed by atoms with Crippen LogP contribution in [0.15, 0.2) is 24.3 Å². The van der Waals surface area contributed by atoms with Gasteiger partial charge in [-0.1, -0.05) is 37.6 Å². The molecule has 1 fully saturated rings. The topological polar surface area (TPSA) is 40.5 Å². The van der Waals surface area contributed by atoms with Crippen LogP contribution in [0.25, 0.3) is 0 Å². The Kier molecular flexibility index (Phi) is 5.60. The Hall–Kier alpha value is -1.35. The highest BCUT2D eigenvalue weighted by Crippen LogP contribution is 2.13. The first-order valence-corrected chi connectivity index (χ1v) is 7.72. The van der Waals surface area contributed by atoms with Gasteiger partial charge in [0, 0.05) is 13.1 Å². The highest BCUT2D eigenvalue weighted by Gasteiger charge is 2.21. The van der Waals surface area contributed by atoms with Crippen LogP contribution >= 0.6 is 0 Å². The predicted octanol–water partition coefficient (Wildman–Crippen LogP) is 2.56. The van der Waals surface area contributed by atoms with E-state index in [4.69, 9.17) is 0 Å². The molecule has 1 atom stereocenters. The lowest BCUT2D eigenvalue weighted by Gasteiger charge is -2.30. The van der Waals surface area contributed by atoms with E-state index in [2.05, 4.69) is 31.2 Å². The lowest BCUT2D eigenvalue weighted by molar-refractivity contribution is -0.133. The zero-order chi connectivity index (χ0) is 14.4. The number of aliphatic hydroxyl groups excluding tert-OH is 1. The molecule has 1 saturated heterocycles. The van der Waals surface area contributed by atoms with Crippen LogP contribution in [0.3, 0.4) is 0 Å². The van der Waals surface area contributed by atoms with Gasteiger partial charge in [0.05, 0.1) is 12.5 Å². The molecule has 0 aliphatic carbocycles. The SMILES string of the molecule is CCCCc1ccc(CC(=O)N2CCC[C@H](O)C2)cc1. The standard InChI is InChI=1S/C17H25NO2/c1-2-3-5-14-7-9-15(10-8-14)12-17(20)18-11-4-6-16(19)13-18/h7-10,16,19H,2-6,11-13H2,1H3/t16-/m0/s1. The maximum atomic E-state index is 12.2. The molecule has 0 bridgehead atoms. The van der Waals surface area contributed by atoms with Gasteiger partial charge in [-0.05, 0) is 36.8 Å². The second-order valence-corrected chi connectivity index (χ2v) is 5.73. The van der Waals surface area contributed by atoms with Gasteiger partial charge >= 0.3 is 0 Å². The molecule has 0 aromatic heterocycles. The quantitative estimate of drug-likeness (QED) is 0.897. The normalized spacial score (nSPS) is 19.1. The highest BCUT2D eigenvalue weighted by atomic mass is 16.3. The number of unbranched alkanes of at least 4 members (excludes halogenated alkanes) is 1. The second kappa shape index (κ2) is 7.44. The van der Waals surface area contributed by atoms with E-state index in [0.717, 1.165) is 31.4 Å². The number of carbonyl (C=O) groups excluding carboxylic acids is 1. The zero-order valence-corrected chi connectivity index (χ0v) is 12.3. The third kappa shape index (κ3) is 4.34. The number of aryl methyl sites for hydroxylation is 1. The summed E-state index contributed by atoms with van der Waals surface area (Å²) >= 11 is 0. The number of carbonyl (C=O) groups is 1. The number of piperidine rings is 1. The number of β-amino-alcohol motifs (C(OH)–C–C–N with tert-alkyl or cyclic N) is 1. The number of amides is 1. The van der Waals surface area contributed by atoms with Gasteiger partial charge in [0.2, 0.25) is 5.91 Å². The minimum atomic E-state index is -0.343. The van der Waals surface area contributed by atoms with E-state index in [9.17, 15) is 9.90 Å². The number of aliphatic hydroxyl groups is 1. The Labute approximate surface area is 121 Å². The van der Waals surface area contributed by atoms with Gasteiger partial charge in [-0.3, -0.25) is 4.79 Å². The minimum Gasteiger partial charge on any atom is -0.391 e. The molecule has 1 heterocycles. The van der Waals surface area contributed by atoms with Crippen molar-refractivity contribution in [1.29, 1.82) is 0 Å². The van der Waals surface area contributed by atoms with Gasteiger partial charge in [-0.25, -0.2) is 0 Å². The summed E-state index contributed by atoms with van der Waals surface area (Å²) in [7, 11) is 0. The molecule has 1 amide bonds. The van der Waals surface area contributed by atoms with E-state index in [0.29, 0.717) is 13.0 Å². The average molecular weight is 275 g/mol. The Morgan fingerprint density at radius 1 is 1.30 bits per heavy atom. The summed E-state index contributed by atoms with van der Waals surface area (Å²) in [4.78, 5) is 14.0. The molecular formula is C17H25NO2. The summed E-state index contributed by atoms with van der Waals surface area (Å²) in [5, 5.41) is 9.62. The average Bonchev–Trinajstić information content (AvgIpc) is 2.46. The molecule has 1 aromatic rings. The number of hydrogen-bond acceptors (Lipinski definition) is 2. The third-order valence-electron chi connectivity index (χ3n) is 3.95. The van der Waals surface area contributed by atoms with Crippen molar-refractivity contribution in [2.75, 3.05) is 13.1 Å². The summed E-state index contributed by atoms with van der Waals surface area (Å²) in [5.74, 6) is 0.130. The van der Waals surface area contributed by atoms with Gasteiger partial charge in [0.1, 0.15) is 0 Å². The highest BCUT2D eigenvalue weighted by molar-refractivity contribution is 5.78. The largest absolute Gasteiger partial charge is 0.391 e. The van der Waals surface area contributed by atoms with E-state index in [1.165, 1.54) is 18.4 Å². The first kappa shape index (κ1) is 15.0. The van der Waals surface area contributed by atoms with Gasteiger partial charge in [0.25, 0.3) is 0 Å². The van der Waals surface area contributed by atoms with Gasteiger partial charge in [-0.2, -0.15) is 0 Å². The number of nitrogens with zero attached hydrogens (tertiary/aromatic N) is 1. The van der Waals surface area contributed by atoms with E-state index in [1.54, 1.807) is 4.90 Å². The van der Waals surface area contributed by atoms with Crippen LogP contribution in [-0.4, -0.2) is 35.1 Å². The van der Waals surface area contributed by atoms with E-state index in [1.807, 2.05) is 0 Å². The first-order valence-electron chi connectivity index (χ1n) is 7.72. The van der Waals surface area contributed by atoms with Crippen molar-refractivity contribution in [2.24, 2.45) is 0 Å². The van der Waals surface area contributed by atoms with Crippen LogP contribution in [0.5, 0.6) is 0 Å². The summed E-state index contributed by atoms with van der Waals surface area (Å²) in [6, 6.07) is 8.37. The van der Waals surface area contributed by atoms with Crippen molar-refractivity contribution in [2.45, 2.75) is 51.6 Å². The summed E-state index contributed by atoms with van der Waals surface area (Å²) < 4.78 is 0. The molecule has 110 valence electrons. The molecule has 0 radical (unpaired) electrons. The van der Waals surface area contributed by atoms with Crippen LogP contribution in [0, 0.1) is 0 Å². The van der Waals surface area contributed by atoms with E-state index < -0.39 is 0 Å². The maximum Gasteiger partial charge on any atom is 0.227 e. The van der Waals surface area contributed by atoms with Crippen molar-refractivity contribution in [3.05, 3.63) is 35.4 Å². The van der Waals surface area contributed by atoms with Crippen molar-refractivity contribution in [1.82, 2.24) is 4.90 Å². The van der Waals surface area contributed by atoms with Gasteiger partial charge in [0.15, 0.2) is 0 Å². The fourth-order valence-corrected chi connectivity index (χ4v) is 2.67. The number of hydrogen-bond donors (Lipinski definition) is 1. The first-order chi connectivity index (χ1) is 9.69. The van der Waals surface area contributed by atoms with Crippen LogP contribution < -0.4 is 0 Å². The Morgan fingerprint density at radius 2 is 2.00 bits per heavy atom. The van der Waals surface area contributed by atoms with E-state index in [-0.39, 0.29) is 12.0 Å². The molecule has 3 nitrogen and oxygen atoms in total. The third-order valence-corrected chi connectivity index (χ3v) is 3.95. The van der Waals surface area contributed by atoms with Crippen LogP contribution in [0.2, 0.25) is 0 Å². The Balaban J connectivity index is 1.87. The molecule has 0 unspecified atom stereocenters. The Bertz CT molecular complexity index is 427. The van der Waals surface area contributed by atoms with Crippen LogP contribution in [0.1, 0.15) is 43.7 Å². The summed E-state index contributed by atoms with van der Waals surface area (Å²) in [6.45, 7) is 3.47. The fourth-order valence-electron chi connectivity index (χ4n) is 2.67. The minimum absolute atomic E-state index is 0.130. The smallest absolute Gasteiger partial charge is 0.227 e. The molecule has 0 spiro atoms. The molecule has 0 saturated carbocycles. The lowest BCUT2D eigenvalue weighted by atomic mass is 10.0. The number of benzene rings is 1. The molecule has 1 aliphatic rings. The molecule has 1 aromatic carbocycles. The van der Waals surface area contributed by atoms with Crippen LogP contribution in [0.4, 0.5) is 0 Å². The van der Waals surface area contributed by atoms with Crippen molar-refractivity contribution >= 4 is 5.91 Å². The van der Waals surface area contributed by atoms with Gasteiger partial charge in [-0.15, -0.1) is 0 Å². The molecular weight excluding hydrogens is 250 g/mol.